The molecule has 0 amide bonds. The number of carbonyl (C=O) groups excluding carboxylic acids is 1. The molecular weight excluding hydrogens is 274 g/mol. The molecule has 0 unspecified atom stereocenters. The van der Waals surface area contributed by atoms with Gasteiger partial charge in [-0.15, -0.1) is 0 Å². The normalized spacial score (nSPS) is 10.6. The molecule has 0 fully saturated rings. The number of rotatable bonds is 3. The Morgan fingerprint density at radius 1 is 1.62 bits per heavy atom. The quantitative estimate of drug-likeness (QED) is 0.873. The highest BCUT2D eigenvalue weighted by atomic mass is 79.9. The fourth-order valence-electron chi connectivity index (χ4n) is 1.36. The summed E-state index contributed by atoms with van der Waals surface area (Å²) in [6.07, 6.45) is 1.80. The summed E-state index contributed by atoms with van der Waals surface area (Å²) in [5.41, 5.74) is 1.40. The molecule has 0 aliphatic carbocycles. The number of pyridine rings is 1. The van der Waals surface area contributed by atoms with Gasteiger partial charge >= 0.3 is 5.97 Å². The molecule has 2 rings (SSSR count). The van der Waals surface area contributed by atoms with Crippen molar-refractivity contribution in [3.63, 3.8) is 0 Å². The van der Waals surface area contributed by atoms with Crippen molar-refractivity contribution >= 4 is 33.1 Å². The number of aromatic amines is 1. The van der Waals surface area contributed by atoms with Crippen molar-refractivity contribution in [1.29, 1.82) is 0 Å². The van der Waals surface area contributed by atoms with E-state index in [4.69, 9.17) is 4.74 Å². The van der Waals surface area contributed by atoms with Crippen LogP contribution in [0.2, 0.25) is 0 Å². The molecule has 0 spiro atoms. The van der Waals surface area contributed by atoms with Crippen molar-refractivity contribution in [3.8, 4) is 0 Å². The fraction of sp³-hybridized carbons (Fsp3) is 0.300. The van der Waals surface area contributed by atoms with Gasteiger partial charge in [-0.3, -0.25) is 4.79 Å². The van der Waals surface area contributed by atoms with Crippen molar-refractivity contribution in [2.75, 3.05) is 6.61 Å². The van der Waals surface area contributed by atoms with Crippen LogP contribution in [0, 0.1) is 0 Å². The first kappa shape index (κ1) is 11.1. The molecular formula is C10H10BrN3O2. The molecule has 6 heteroatoms. The van der Waals surface area contributed by atoms with E-state index in [1.165, 1.54) is 0 Å². The lowest BCUT2D eigenvalue weighted by Gasteiger charge is -1.97. The fourth-order valence-corrected chi connectivity index (χ4v) is 1.69. The van der Waals surface area contributed by atoms with Gasteiger partial charge in [0.2, 0.25) is 0 Å². The topological polar surface area (TPSA) is 67.9 Å². The van der Waals surface area contributed by atoms with Gasteiger partial charge in [0.1, 0.15) is 12.2 Å². The third-order valence-electron chi connectivity index (χ3n) is 1.97. The molecule has 84 valence electrons. The Morgan fingerprint density at radius 2 is 2.44 bits per heavy atom. The summed E-state index contributed by atoms with van der Waals surface area (Å²) in [6.45, 7) is 2.15. The summed E-state index contributed by atoms with van der Waals surface area (Å²) < 4.78 is 5.70. The maximum atomic E-state index is 11.2. The van der Waals surface area contributed by atoms with E-state index in [0.717, 1.165) is 9.99 Å². The maximum Gasteiger partial charge on any atom is 0.313 e. The maximum absolute atomic E-state index is 11.2. The van der Waals surface area contributed by atoms with E-state index < -0.39 is 0 Å². The third-order valence-corrected chi connectivity index (χ3v) is 2.40. The van der Waals surface area contributed by atoms with Crippen molar-refractivity contribution in [2.24, 2.45) is 0 Å². The van der Waals surface area contributed by atoms with Gasteiger partial charge in [0.05, 0.1) is 12.1 Å². The molecule has 5 nitrogen and oxygen atoms in total. The number of esters is 1. The van der Waals surface area contributed by atoms with E-state index in [-0.39, 0.29) is 12.4 Å². The van der Waals surface area contributed by atoms with Crippen LogP contribution < -0.4 is 0 Å². The SMILES string of the molecule is CCOC(=O)Cc1nc2ncc(Br)cc2[nH]1. The van der Waals surface area contributed by atoms with Gasteiger partial charge in [-0.1, -0.05) is 0 Å². The van der Waals surface area contributed by atoms with Crippen LogP contribution >= 0.6 is 15.9 Å². The number of imidazole rings is 1. The summed E-state index contributed by atoms with van der Waals surface area (Å²) in [6, 6.07) is 1.87. The number of halogens is 1. The molecule has 0 radical (unpaired) electrons. The minimum absolute atomic E-state index is 0.141. The van der Waals surface area contributed by atoms with Crippen LogP contribution in [0.25, 0.3) is 11.2 Å². The minimum atomic E-state index is -0.291. The second-order valence-corrected chi connectivity index (χ2v) is 4.11. The zero-order valence-electron chi connectivity index (χ0n) is 8.66. The predicted molar refractivity (Wildman–Crippen MR) is 61.9 cm³/mol. The summed E-state index contributed by atoms with van der Waals surface area (Å²) in [4.78, 5) is 22.6. The molecule has 1 N–H and O–H groups in total. The summed E-state index contributed by atoms with van der Waals surface area (Å²) in [5, 5.41) is 0. The Bertz CT molecular complexity index is 524. The average Bonchev–Trinajstić information content (AvgIpc) is 2.59. The monoisotopic (exact) mass is 283 g/mol. The number of nitrogens with zero attached hydrogens (tertiary/aromatic N) is 2. The predicted octanol–water partition coefficient (Wildman–Crippen LogP) is 1.83. The Labute approximate surface area is 100 Å². The smallest absolute Gasteiger partial charge is 0.313 e. The molecule has 2 aromatic heterocycles. The summed E-state index contributed by atoms with van der Waals surface area (Å²) in [7, 11) is 0. The van der Waals surface area contributed by atoms with E-state index in [1.54, 1.807) is 13.1 Å². The van der Waals surface area contributed by atoms with Gasteiger partial charge in [-0.2, -0.15) is 0 Å². The summed E-state index contributed by atoms with van der Waals surface area (Å²) >= 11 is 3.32. The molecule has 0 aromatic carbocycles. The van der Waals surface area contributed by atoms with Crippen LogP contribution in [0.3, 0.4) is 0 Å². The molecule has 0 bridgehead atoms. The molecule has 0 atom stereocenters. The van der Waals surface area contributed by atoms with Gasteiger partial charge in [-0.25, -0.2) is 9.97 Å². The highest BCUT2D eigenvalue weighted by Crippen LogP contribution is 2.15. The lowest BCUT2D eigenvalue weighted by atomic mass is 10.4. The zero-order chi connectivity index (χ0) is 11.5. The Hall–Kier alpha value is -1.43. The largest absolute Gasteiger partial charge is 0.466 e. The summed E-state index contributed by atoms with van der Waals surface area (Å²) in [5.74, 6) is 0.277. The Morgan fingerprint density at radius 3 is 3.19 bits per heavy atom. The first-order chi connectivity index (χ1) is 7.69. The van der Waals surface area contributed by atoms with Crippen molar-refractivity contribution in [3.05, 3.63) is 22.6 Å². The molecule has 2 aromatic rings. The van der Waals surface area contributed by atoms with Crippen LogP contribution in [0.1, 0.15) is 12.7 Å². The minimum Gasteiger partial charge on any atom is -0.466 e. The molecule has 0 saturated carbocycles. The number of H-pyrrole nitrogens is 1. The highest BCUT2D eigenvalue weighted by molar-refractivity contribution is 9.10. The Balaban J connectivity index is 2.23. The van der Waals surface area contributed by atoms with Gasteiger partial charge in [0, 0.05) is 10.7 Å². The molecule has 0 saturated heterocycles. The average molecular weight is 284 g/mol. The third kappa shape index (κ3) is 2.38. The second kappa shape index (κ2) is 4.61. The van der Waals surface area contributed by atoms with Crippen LogP contribution in [0.5, 0.6) is 0 Å². The first-order valence-corrected chi connectivity index (χ1v) is 5.64. The molecule has 0 aliphatic heterocycles. The van der Waals surface area contributed by atoms with Crippen molar-refractivity contribution < 1.29 is 9.53 Å². The van der Waals surface area contributed by atoms with Gasteiger partial charge in [0.15, 0.2) is 5.65 Å². The van der Waals surface area contributed by atoms with Crippen LogP contribution in [-0.2, 0) is 16.0 Å². The van der Waals surface area contributed by atoms with Gasteiger partial charge in [0.25, 0.3) is 0 Å². The van der Waals surface area contributed by atoms with Crippen LogP contribution in [0.15, 0.2) is 16.7 Å². The van der Waals surface area contributed by atoms with Crippen molar-refractivity contribution in [1.82, 2.24) is 15.0 Å². The number of fused-ring (bicyclic) bond motifs is 1. The van der Waals surface area contributed by atoms with Crippen LogP contribution in [-0.4, -0.2) is 27.5 Å². The number of aromatic nitrogens is 3. The number of ether oxygens (including phenoxy) is 1. The van der Waals surface area contributed by atoms with E-state index in [0.29, 0.717) is 18.1 Å². The number of carbonyl (C=O) groups is 1. The number of hydrogen-bond donors (Lipinski definition) is 1. The standard InChI is InChI=1S/C10H10BrN3O2/c1-2-16-9(15)4-8-13-7-3-6(11)5-12-10(7)14-8/h3,5H,2,4H2,1H3,(H,12,13,14). The molecule has 16 heavy (non-hydrogen) atoms. The van der Waals surface area contributed by atoms with Crippen molar-refractivity contribution in [2.45, 2.75) is 13.3 Å². The zero-order valence-corrected chi connectivity index (χ0v) is 10.2. The second-order valence-electron chi connectivity index (χ2n) is 3.19. The number of nitrogens with one attached hydrogen (secondary N) is 1. The van der Waals surface area contributed by atoms with Crippen LogP contribution in [0.4, 0.5) is 0 Å². The number of hydrogen-bond acceptors (Lipinski definition) is 4. The van der Waals surface area contributed by atoms with E-state index in [9.17, 15) is 4.79 Å². The van der Waals surface area contributed by atoms with E-state index in [2.05, 4.69) is 30.9 Å². The van der Waals surface area contributed by atoms with Gasteiger partial charge < -0.3 is 9.72 Å². The molecule has 0 aliphatic rings. The van der Waals surface area contributed by atoms with E-state index in [1.807, 2.05) is 6.07 Å². The first-order valence-electron chi connectivity index (χ1n) is 4.85. The van der Waals surface area contributed by atoms with E-state index >= 15 is 0 Å². The molecule has 2 heterocycles. The Kier molecular flexibility index (Phi) is 3.19. The highest BCUT2D eigenvalue weighted by Gasteiger charge is 2.09. The lowest BCUT2D eigenvalue weighted by Crippen LogP contribution is -2.08. The van der Waals surface area contributed by atoms with Gasteiger partial charge in [-0.05, 0) is 28.9 Å². The lowest BCUT2D eigenvalue weighted by molar-refractivity contribution is -0.142.